The van der Waals surface area contributed by atoms with Crippen molar-refractivity contribution in [2.45, 2.75) is 56.7 Å². The first-order chi connectivity index (χ1) is 15.4. The quantitative estimate of drug-likeness (QED) is 0.356. The van der Waals surface area contributed by atoms with Gasteiger partial charge in [0.2, 0.25) is 0 Å². The van der Waals surface area contributed by atoms with Crippen molar-refractivity contribution in [3.63, 3.8) is 0 Å². The number of aliphatic hydroxyl groups excluding tert-OH is 2. The first kappa shape index (κ1) is 27.0. The van der Waals surface area contributed by atoms with Gasteiger partial charge in [-0.15, -0.1) is 0 Å². The van der Waals surface area contributed by atoms with Crippen molar-refractivity contribution >= 4 is 11.9 Å². The third kappa shape index (κ3) is 8.54. The second-order valence-electron chi connectivity index (χ2n) is 8.22. The van der Waals surface area contributed by atoms with Gasteiger partial charge in [0, 0.05) is 19.1 Å². The zero-order valence-corrected chi connectivity index (χ0v) is 17.8. The van der Waals surface area contributed by atoms with Crippen LogP contribution in [0.4, 0.5) is 17.6 Å². The van der Waals surface area contributed by atoms with E-state index in [0.29, 0.717) is 18.0 Å². The highest BCUT2D eigenvalue weighted by Crippen LogP contribution is 2.35. The van der Waals surface area contributed by atoms with Crippen molar-refractivity contribution in [3.8, 4) is 0 Å². The molecular formula is C21H28F4N2O6. The van der Waals surface area contributed by atoms with Crippen LogP contribution in [0.5, 0.6) is 0 Å². The molecular weight excluding hydrogens is 452 g/mol. The number of hydrogen-bond acceptors (Lipinski definition) is 6. The minimum atomic E-state index is -4.52. The van der Waals surface area contributed by atoms with Gasteiger partial charge >= 0.3 is 18.1 Å². The molecule has 1 aromatic carbocycles. The van der Waals surface area contributed by atoms with Crippen molar-refractivity contribution in [1.29, 1.82) is 0 Å². The molecule has 12 heteroatoms. The Labute approximate surface area is 187 Å². The molecule has 2 fully saturated rings. The van der Waals surface area contributed by atoms with Gasteiger partial charge in [0.25, 0.3) is 0 Å². The van der Waals surface area contributed by atoms with E-state index in [1.54, 1.807) is 0 Å². The van der Waals surface area contributed by atoms with E-state index < -0.39 is 41.7 Å². The number of nitrogens with zero attached hydrogens (tertiary/aromatic N) is 1. The summed E-state index contributed by atoms with van der Waals surface area (Å²) in [6, 6.07) is 3.34. The molecule has 0 bridgehead atoms. The van der Waals surface area contributed by atoms with Gasteiger partial charge in [-0.05, 0) is 62.4 Å². The lowest BCUT2D eigenvalue weighted by molar-refractivity contribution is -0.165. The number of piperidine rings is 1. The van der Waals surface area contributed by atoms with Crippen molar-refractivity contribution in [3.05, 3.63) is 35.1 Å². The third-order valence-corrected chi connectivity index (χ3v) is 5.57. The van der Waals surface area contributed by atoms with E-state index in [9.17, 15) is 27.2 Å². The molecule has 8 nitrogen and oxygen atoms in total. The maximum absolute atomic E-state index is 13.3. The Bertz CT molecular complexity index is 794. The number of halogens is 4. The van der Waals surface area contributed by atoms with Crippen LogP contribution in [0.15, 0.2) is 18.2 Å². The summed E-state index contributed by atoms with van der Waals surface area (Å²) >= 11 is 0. The van der Waals surface area contributed by atoms with E-state index in [4.69, 9.17) is 20.4 Å². The molecule has 1 heterocycles. The van der Waals surface area contributed by atoms with Crippen molar-refractivity contribution in [2.75, 3.05) is 19.6 Å². The summed E-state index contributed by atoms with van der Waals surface area (Å²) in [6.45, 7) is 2.90. The number of benzene rings is 1. The highest BCUT2D eigenvalue weighted by atomic mass is 19.4. The molecule has 186 valence electrons. The lowest BCUT2D eigenvalue weighted by Gasteiger charge is -2.35. The van der Waals surface area contributed by atoms with Crippen LogP contribution < -0.4 is 5.32 Å². The Kier molecular flexibility index (Phi) is 9.58. The number of aliphatic hydroxyl groups is 2. The van der Waals surface area contributed by atoms with E-state index in [1.165, 1.54) is 6.07 Å². The highest BCUT2D eigenvalue weighted by molar-refractivity contribution is 5.83. The summed E-state index contributed by atoms with van der Waals surface area (Å²) in [5.74, 6) is -3.76. The van der Waals surface area contributed by atoms with E-state index in [-0.39, 0.29) is 12.1 Å². The molecule has 3 rings (SSSR count). The molecule has 1 saturated heterocycles. The van der Waals surface area contributed by atoms with E-state index in [1.807, 2.05) is 0 Å². The maximum atomic E-state index is 13.3. The number of rotatable bonds is 8. The molecule has 0 spiro atoms. The molecule has 1 aliphatic carbocycles. The van der Waals surface area contributed by atoms with Crippen LogP contribution in [0.3, 0.4) is 0 Å². The molecule has 5 N–H and O–H groups in total. The normalized spacial score (nSPS) is 18.9. The smallest absolute Gasteiger partial charge is 0.416 e. The molecule has 33 heavy (non-hydrogen) atoms. The predicted molar refractivity (Wildman–Crippen MR) is 108 cm³/mol. The fourth-order valence-electron chi connectivity index (χ4n) is 3.59. The Morgan fingerprint density at radius 2 is 1.58 bits per heavy atom. The standard InChI is InChI=1S/C17H22F4N2.C4H6O6/c18-14-4-3-13(16(9-14)17(19,20)21)11-23(10-12-1-2-12)15-5-7-22-8-6-15;5-1(3(7)8)2(6)4(9)10/h3-4,9,12,15,22H,1-2,5-8,10-11H2;1-2,5-6H,(H,7,8)(H,9,10). The molecule has 2 aliphatic rings. The zero-order valence-electron chi connectivity index (χ0n) is 17.8. The fraction of sp³-hybridized carbons (Fsp3) is 0.619. The molecule has 2 unspecified atom stereocenters. The van der Waals surface area contributed by atoms with Crippen LogP contribution >= 0.6 is 0 Å². The van der Waals surface area contributed by atoms with E-state index >= 15 is 0 Å². The van der Waals surface area contributed by atoms with Crippen LogP contribution in [0.2, 0.25) is 0 Å². The summed E-state index contributed by atoms with van der Waals surface area (Å²) in [5, 5.41) is 35.8. The van der Waals surface area contributed by atoms with Gasteiger partial charge in [0.05, 0.1) is 5.56 Å². The number of aliphatic carboxylic acids is 2. The molecule has 1 aromatic rings. The summed E-state index contributed by atoms with van der Waals surface area (Å²) < 4.78 is 52.9. The molecule has 0 radical (unpaired) electrons. The molecule has 1 aliphatic heterocycles. The molecule has 0 aromatic heterocycles. The van der Waals surface area contributed by atoms with Crippen LogP contribution in [-0.2, 0) is 22.3 Å². The second-order valence-corrected chi connectivity index (χ2v) is 8.22. The average Bonchev–Trinajstić information content (AvgIpc) is 3.57. The predicted octanol–water partition coefficient (Wildman–Crippen LogP) is 1.69. The number of carboxylic acids is 2. The first-order valence-corrected chi connectivity index (χ1v) is 10.5. The first-order valence-electron chi connectivity index (χ1n) is 10.5. The van der Waals surface area contributed by atoms with Gasteiger partial charge in [0.1, 0.15) is 5.82 Å². The zero-order chi connectivity index (χ0) is 24.8. The van der Waals surface area contributed by atoms with Crippen molar-refractivity contribution < 1.29 is 47.6 Å². The summed E-state index contributed by atoms with van der Waals surface area (Å²) in [6.07, 6.45) is -4.81. The average molecular weight is 480 g/mol. The van der Waals surface area contributed by atoms with Crippen LogP contribution in [0, 0.1) is 11.7 Å². The van der Waals surface area contributed by atoms with Gasteiger partial charge < -0.3 is 25.7 Å². The Hall–Kier alpha value is -2.28. The maximum Gasteiger partial charge on any atom is 0.416 e. The van der Waals surface area contributed by atoms with E-state index in [0.717, 1.165) is 51.4 Å². The number of nitrogens with one attached hydrogen (secondary N) is 1. The van der Waals surface area contributed by atoms with Gasteiger partial charge in [-0.2, -0.15) is 13.2 Å². The summed E-state index contributed by atoms with van der Waals surface area (Å²) in [4.78, 5) is 21.7. The molecule has 2 atom stereocenters. The van der Waals surface area contributed by atoms with Gasteiger partial charge in [-0.25, -0.2) is 14.0 Å². The largest absolute Gasteiger partial charge is 0.479 e. The second kappa shape index (κ2) is 11.7. The summed E-state index contributed by atoms with van der Waals surface area (Å²) in [5.41, 5.74) is -0.662. The number of carbonyl (C=O) groups is 2. The molecule has 1 saturated carbocycles. The van der Waals surface area contributed by atoms with Gasteiger partial charge in [-0.1, -0.05) is 6.07 Å². The molecule has 0 amide bonds. The van der Waals surface area contributed by atoms with Gasteiger partial charge in [-0.3, -0.25) is 4.90 Å². The van der Waals surface area contributed by atoms with Crippen LogP contribution in [0.25, 0.3) is 0 Å². The van der Waals surface area contributed by atoms with Crippen LogP contribution in [-0.4, -0.2) is 75.1 Å². The minimum Gasteiger partial charge on any atom is -0.479 e. The lowest BCUT2D eigenvalue weighted by atomic mass is 10.0. The van der Waals surface area contributed by atoms with Gasteiger partial charge in [0.15, 0.2) is 12.2 Å². The lowest BCUT2D eigenvalue weighted by Crippen LogP contribution is -2.43. The summed E-state index contributed by atoms with van der Waals surface area (Å²) in [7, 11) is 0. The van der Waals surface area contributed by atoms with Crippen molar-refractivity contribution in [2.24, 2.45) is 5.92 Å². The third-order valence-electron chi connectivity index (χ3n) is 5.57. The van der Waals surface area contributed by atoms with Crippen LogP contribution in [0.1, 0.15) is 36.8 Å². The topological polar surface area (TPSA) is 130 Å². The fourth-order valence-corrected chi connectivity index (χ4v) is 3.59. The minimum absolute atomic E-state index is 0.179. The van der Waals surface area contributed by atoms with E-state index in [2.05, 4.69) is 10.2 Å². The Morgan fingerprint density at radius 3 is 2.03 bits per heavy atom. The Morgan fingerprint density at radius 1 is 1.03 bits per heavy atom. The van der Waals surface area contributed by atoms with Crippen molar-refractivity contribution in [1.82, 2.24) is 10.2 Å². The number of carboxylic acid groups (broad SMARTS) is 2. The number of alkyl halides is 3. The monoisotopic (exact) mass is 480 g/mol. The SMILES string of the molecule is Fc1ccc(CN(CC2CC2)C2CCNCC2)c(C(F)(F)F)c1.O=C(O)C(O)C(O)C(=O)O. The number of hydrogen-bond donors (Lipinski definition) is 5. The Balaban J connectivity index is 0.000000328. The highest BCUT2D eigenvalue weighted by Gasteiger charge is 2.36.